The largest absolute Gasteiger partial charge is 0.453 e. The quantitative estimate of drug-likeness (QED) is 0.807. The summed E-state index contributed by atoms with van der Waals surface area (Å²) < 4.78 is 6.09. The third kappa shape index (κ3) is 3.03. The average molecular weight is 375 g/mol. The molecule has 3 aliphatic heterocycles. The highest BCUT2D eigenvalue weighted by atomic mass is 16.3. The van der Waals surface area contributed by atoms with E-state index in [2.05, 4.69) is 63.3 Å². The number of allylic oxidation sites excluding steroid dienone is 1. The number of piperazine rings is 1. The lowest BCUT2D eigenvalue weighted by Gasteiger charge is -2.37. The highest BCUT2D eigenvalue weighted by Crippen LogP contribution is 2.30. The molecule has 0 atom stereocenters. The second-order valence-corrected chi connectivity index (χ2v) is 7.77. The number of fused-ring (bicyclic) bond motifs is 2. The molecule has 0 amide bonds. The topological polar surface area (TPSA) is 48.1 Å². The van der Waals surface area contributed by atoms with E-state index < -0.39 is 0 Å². The smallest absolute Gasteiger partial charge is 0.156 e. The van der Waals surface area contributed by atoms with Crippen LogP contribution in [0.25, 0.3) is 16.7 Å². The third-order valence-electron chi connectivity index (χ3n) is 5.62. The van der Waals surface area contributed by atoms with Gasteiger partial charge in [-0.15, -0.1) is 0 Å². The summed E-state index contributed by atoms with van der Waals surface area (Å²) in [7, 11) is 2.18. The normalized spacial score (nSPS) is 20.2. The van der Waals surface area contributed by atoms with Crippen LogP contribution in [0, 0.1) is 13.8 Å². The zero-order valence-electron chi connectivity index (χ0n) is 16.6. The Labute approximate surface area is 165 Å². The zero-order valence-corrected chi connectivity index (χ0v) is 16.6. The molecule has 5 heterocycles. The molecule has 0 spiro atoms. The van der Waals surface area contributed by atoms with Crippen LogP contribution in [0.5, 0.6) is 0 Å². The first-order valence-electron chi connectivity index (χ1n) is 9.84. The Bertz CT molecular complexity index is 1050. The SMILES string of the molecule is Cc1cc2cc(C3=CCN4C=C(N5CCN(C)CC5)C=CC4=N3)oc2c(C)n1. The molecule has 1 fully saturated rings. The van der Waals surface area contributed by atoms with Crippen molar-refractivity contribution in [3.63, 3.8) is 0 Å². The van der Waals surface area contributed by atoms with Gasteiger partial charge in [0.25, 0.3) is 0 Å². The maximum atomic E-state index is 6.09. The molecular weight excluding hydrogens is 350 g/mol. The van der Waals surface area contributed by atoms with Crippen molar-refractivity contribution in [2.75, 3.05) is 39.8 Å². The molecule has 6 heteroatoms. The molecule has 5 rings (SSSR count). The highest BCUT2D eigenvalue weighted by Gasteiger charge is 2.22. The van der Waals surface area contributed by atoms with Gasteiger partial charge in [0.1, 0.15) is 11.5 Å². The third-order valence-corrected chi connectivity index (χ3v) is 5.62. The predicted octanol–water partition coefficient (Wildman–Crippen LogP) is 3.16. The molecular formula is C22H25N5O. The van der Waals surface area contributed by atoms with E-state index >= 15 is 0 Å². The second-order valence-electron chi connectivity index (χ2n) is 7.77. The van der Waals surface area contributed by atoms with Crippen LogP contribution in [0.15, 0.2) is 51.7 Å². The lowest BCUT2D eigenvalue weighted by molar-refractivity contribution is 0.188. The van der Waals surface area contributed by atoms with Crippen molar-refractivity contribution < 1.29 is 4.42 Å². The number of aryl methyl sites for hydroxylation is 2. The van der Waals surface area contributed by atoms with Gasteiger partial charge in [-0.2, -0.15) is 0 Å². The Hall–Kier alpha value is -2.86. The molecule has 144 valence electrons. The van der Waals surface area contributed by atoms with Crippen LogP contribution in [0.3, 0.4) is 0 Å². The fourth-order valence-corrected chi connectivity index (χ4v) is 4.03. The second kappa shape index (κ2) is 6.63. The van der Waals surface area contributed by atoms with Crippen LogP contribution < -0.4 is 0 Å². The first-order chi connectivity index (χ1) is 13.6. The number of furan rings is 1. The number of nitrogens with zero attached hydrogens (tertiary/aromatic N) is 5. The summed E-state index contributed by atoms with van der Waals surface area (Å²) in [6.45, 7) is 9.14. The Morgan fingerprint density at radius 3 is 2.68 bits per heavy atom. The lowest BCUT2D eigenvalue weighted by Crippen LogP contribution is -2.44. The van der Waals surface area contributed by atoms with E-state index in [1.165, 1.54) is 5.70 Å². The minimum atomic E-state index is 0.795. The van der Waals surface area contributed by atoms with Crippen molar-refractivity contribution in [1.82, 2.24) is 19.7 Å². The molecule has 0 N–H and O–H groups in total. The Morgan fingerprint density at radius 1 is 1.04 bits per heavy atom. The highest BCUT2D eigenvalue weighted by molar-refractivity contribution is 6.00. The fourth-order valence-electron chi connectivity index (χ4n) is 4.03. The van der Waals surface area contributed by atoms with E-state index in [0.717, 1.165) is 72.4 Å². The summed E-state index contributed by atoms with van der Waals surface area (Å²) in [5.41, 5.74) is 4.93. The minimum Gasteiger partial charge on any atom is -0.453 e. The van der Waals surface area contributed by atoms with Gasteiger partial charge in [0.15, 0.2) is 11.3 Å². The summed E-state index contributed by atoms with van der Waals surface area (Å²) in [5.74, 6) is 1.77. The van der Waals surface area contributed by atoms with Crippen molar-refractivity contribution in [3.8, 4) is 0 Å². The van der Waals surface area contributed by atoms with Crippen LogP contribution in [0.2, 0.25) is 0 Å². The molecule has 0 radical (unpaired) electrons. The number of likely N-dealkylation sites (N-methyl/N-ethyl adjacent to an activating group) is 1. The first-order valence-corrected chi connectivity index (χ1v) is 9.84. The van der Waals surface area contributed by atoms with Gasteiger partial charge in [0.05, 0.1) is 11.4 Å². The number of aromatic nitrogens is 1. The molecule has 3 aliphatic rings. The van der Waals surface area contributed by atoms with Crippen LogP contribution in [0.4, 0.5) is 0 Å². The Balaban J connectivity index is 1.39. The molecule has 0 bridgehead atoms. The number of hydrogen-bond acceptors (Lipinski definition) is 6. The van der Waals surface area contributed by atoms with Gasteiger partial charge < -0.3 is 19.1 Å². The van der Waals surface area contributed by atoms with Gasteiger partial charge in [0.2, 0.25) is 0 Å². The van der Waals surface area contributed by atoms with Gasteiger partial charge in [-0.1, -0.05) is 0 Å². The summed E-state index contributed by atoms with van der Waals surface area (Å²) in [5, 5.41) is 1.08. The van der Waals surface area contributed by atoms with Gasteiger partial charge in [-0.3, -0.25) is 4.98 Å². The van der Waals surface area contributed by atoms with E-state index in [4.69, 9.17) is 9.41 Å². The van der Waals surface area contributed by atoms with E-state index in [0.29, 0.717) is 0 Å². The number of amidine groups is 1. The fraction of sp³-hybridized carbons (Fsp3) is 0.364. The van der Waals surface area contributed by atoms with Crippen LogP contribution in [-0.4, -0.2) is 65.3 Å². The molecule has 0 saturated carbocycles. The standard InChI is InChI=1S/C22H25N5O/c1-15-12-17-13-20(28-22(17)16(2)23-15)19-6-7-27-14-18(4-5-21(27)24-19)26-10-8-25(3)9-11-26/h4-6,12-14H,7-11H2,1-3H3. The molecule has 28 heavy (non-hydrogen) atoms. The first kappa shape index (κ1) is 17.3. The van der Waals surface area contributed by atoms with Gasteiger partial charge in [0, 0.05) is 50.0 Å². The minimum absolute atomic E-state index is 0.795. The molecule has 0 unspecified atom stereocenters. The van der Waals surface area contributed by atoms with Gasteiger partial charge in [-0.05, 0) is 51.3 Å². The maximum absolute atomic E-state index is 6.09. The van der Waals surface area contributed by atoms with Gasteiger partial charge >= 0.3 is 0 Å². The van der Waals surface area contributed by atoms with E-state index in [9.17, 15) is 0 Å². The van der Waals surface area contributed by atoms with Crippen LogP contribution >= 0.6 is 0 Å². The molecule has 0 aromatic carbocycles. The lowest BCUT2D eigenvalue weighted by atomic mass is 10.1. The van der Waals surface area contributed by atoms with E-state index in [1.54, 1.807) is 0 Å². The summed E-state index contributed by atoms with van der Waals surface area (Å²) in [6.07, 6.45) is 8.64. The van der Waals surface area contributed by atoms with Crippen molar-refractivity contribution in [3.05, 3.63) is 59.4 Å². The number of aliphatic imine (C=N–C) groups is 1. The summed E-state index contributed by atoms with van der Waals surface area (Å²) in [6, 6.07) is 4.13. The number of hydrogen-bond donors (Lipinski definition) is 0. The van der Waals surface area contributed by atoms with Gasteiger partial charge in [-0.25, -0.2) is 4.99 Å². The Morgan fingerprint density at radius 2 is 1.86 bits per heavy atom. The summed E-state index contributed by atoms with van der Waals surface area (Å²) >= 11 is 0. The predicted molar refractivity (Wildman–Crippen MR) is 112 cm³/mol. The summed E-state index contributed by atoms with van der Waals surface area (Å²) in [4.78, 5) is 16.4. The molecule has 6 nitrogen and oxygen atoms in total. The monoisotopic (exact) mass is 375 g/mol. The zero-order chi connectivity index (χ0) is 19.3. The average Bonchev–Trinajstić information content (AvgIpc) is 3.12. The molecule has 2 aromatic heterocycles. The molecule has 0 aliphatic carbocycles. The Kier molecular flexibility index (Phi) is 4.09. The van der Waals surface area contributed by atoms with Crippen molar-refractivity contribution in [1.29, 1.82) is 0 Å². The molecule has 2 aromatic rings. The maximum Gasteiger partial charge on any atom is 0.156 e. The van der Waals surface area contributed by atoms with Crippen molar-refractivity contribution in [2.45, 2.75) is 13.8 Å². The molecule has 1 saturated heterocycles. The van der Waals surface area contributed by atoms with Crippen LogP contribution in [0.1, 0.15) is 17.1 Å². The van der Waals surface area contributed by atoms with E-state index in [1.807, 2.05) is 13.8 Å². The van der Waals surface area contributed by atoms with Crippen molar-refractivity contribution in [2.24, 2.45) is 4.99 Å². The number of rotatable bonds is 2. The van der Waals surface area contributed by atoms with Crippen LogP contribution in [-0.2, 0) is 0 Å². The van der Waals surface area contributed by atoms with E-state index in [-0.39, 0.29) is 0 Å². The van der Waals surface area contributed by atoms with Crippen molar-refractivity contribution >= 4 is 22.5 Å². The number of pyridine rings is 1.